The lowest BCUT2D eigenvalue weighted by atomic mass is 9.40. The van der Waals surface area contributed by atoms with Crippen LogP contribution in [0.25, 0.3) is 0 Å². The zero-order valence-corrected chi connectivity index (χ0v) is 11.8. The first kappa shape index (κ1) is 12.5. The molecule has 0 heterocycles. The van der Waals surface area contributed by atoms with Crippen molar-refractivity contribution < 1.29 is 9.63 Å². The predicted octanol–water partition coefficient (Wildman–Crippen LogP) is 3.05. The molecule has 2 atom stereocenters. The Labute approximate surface area is 110 Å². The van der Waals surface area contributed by atoms with Crippen LogP contribution in [0.5, 0.6) is 0 Å². The van der Waals surface area contributed by atoms with E-state index >= 15 is 0 Å². The van der Waals surface area contributed by atoms with Gasteiger partial charge in [-0.1, -0.05) is 13.8 Å². The Hall–Kier alpha value is -0.570. The fourth-order valence-electron chi connectivity index (χ4n) is 6.37. The molecule has 4 aliphatic carbocycles. The summed E-state index contributed by atoms with van der Waals surface area (Å²) < 4.78 is 0. The Morgan fingerprint density at radius 1 is 1.17 bits per heavy atom. The van der Waals surface area contributed by atoms with Gasteiger partial charge in [-0.3, -0.25) is 9.63 Å². The lowest BCUT2D eigenvalue weighted by molar-refractivity contribution is -0.160. The number of rotatable bonds is 3. The van der Waals surface area contributed by atoms with Crippen molar-refractivity contribution in [2.75, 3.05) is 7.11 Å². The summed E-state index contributed by atoms with van der Waals surface area (Å²) in [4.78, 5) is 16.7. The highest BCUT2D eigenvalue weighted by Crippen LogP contribution is 2.70. The molecule has 0 aromatic carbocycles. The Bertz CT molecular complexity index is 361. The van der Waals surface area contributed by atoms with Crippen molar-refractivity contribution in [2.45, 2.75) is 58.8 Å². The third kappa shape index (κ3) is 1.97. The van der Waals surface area contributed by atoms with Crippen LogP contribution in [0.2, 0.25) is 0 Å². The molecule has 0 radical (unpaired) electrons. The van der Waals surface area contributed by atoms with E-state index in [0.717, 1.165) is 5.92 Å². The largest absolute Gasteiger partial charge is 0.277 e. The monoisotopic (exact) mass is 251 g/mol. The van der Waals surface area contributed by atoms with Crippen molar-refractivity contribution in [1.82, 2.24) is 5.48 Å². The molecule has 3 heteroatoms. The van der Waals surface area contributed by atoms with E-state index in [4.69, 9.17) is 4.84 Å². The van der Waals surface area contributed by atoms with E-state index in [9.17, 15) is 4.79 Å². The van der Waals surface area contributed by atoms with Crippen LogP contribution in [0.4, 0.5) is 0 Å². The highest BCUT2D eigenvalue weighted by molar-refractivity contribution is 5.75. The molecule has 2 unspecified atom stereocenters. The number of hydrogen-bond acceptors (Lipinski definition) is 2. The van der Waals surface area contributed by atoms with Gasteiger partial charge in [-0.25, -0.2) is 5.48 Å². The maximum absolute atomic E-state index is 11.9. The molecular weight excluding hydrogens is 226 g/mol. The van der Waals surface area contributed by atoms with Crippen LogP contribution in [-0.4, -0.2) is 13.0 Å². The first-order valence-corrected chi connectivity index (χ1v) is 7.18. The summed E-state index contributed by atoms with van der Waals surface area (Å²) in [5.74, 6) is 0.915. The van der Waals surface area contributed by atoms with Crippen molar-refractivity contribution in [2.24, 2.45) is 22.2 Å². The minimum atomic E-state index is 0.0617. The number of carbonyl (C=O) groups is 1. The van der Waals surface area contributed by atoms with Crippen molar-refractivity contribution in [3.8, 4) is 0 Å². The predicted molar refractivity (Wildman–Crippen MR) is 69.6 cm³/mol. The quantitative estimate of drug-likeness (QED) is 0.783. The molecule has 4 fully saturated rings. The van der Waals surface area contributed by atoms with Crippen LogP contribution >= 0.6 is 0 Å². The van der Waals surface area contributed by atoms with Crippen LogP contribution in [0.15, 0.2) is 0 Å². The van der Waals surface area contributed by atoms with Gasteiger partial charge in [0.05, 0.1) is 7.11 Å². The Kier molecular flexibility index (Phi) is 2.58. The molecule has 0 aromatic heterocycles. The molecule has 0 aromatic rings. The summed E-state index contributed by atoms with van der Waals surface area (Å²) in [5, 5.41) is 0. The number of hydrogen-bond donors (Lipinski definition) is 1. The van der Waals surface area contributed by atoms with Gasteiger partial charge in [0.2, 0.25) is 5.91 Å². The maximum Gasteiger partial charge on any atom is 0.244 e. The zero-order valence-electron chi connectivity index (χ0n) is 11.8. The SMILES string of the molecule is CONC(=O)CC12CC3CC(C)(CC(C)(C3)C1)C2. The first-order chi connectivity index (χ1) is 8.36. The minimum Gasteiger partial charge on any atom is -0.277 e. The molecule has 18 heavy (non-hydrogen) atoms. The summed E-state index contributed by atoms with van der Waals surface area (Å²) in [6.45, 7) is 4.89. The summed E-state index contributed by atoms with van der Waals surface area (Å²) in [6, 6.07) is 0. The molecule has 1 N–H and O–H groups in total. The zero-order chi connectivity index (χ0) is 13.0. The molecule has 0 saturated heterocycles. The van der Waals surface area contributed by atoms with E-state index in [1.807, 2.05) is 0 Å². The number of hydroxylamine groups is 1. The lowest BCUT2D eigenvalue weighted by Crippen LogP contribution is -2.55. The smallest absolute Gasteiger partial charge is 0.244 e. The Morgan fingerprint density at radius 3 is 2.28 bits per heavy atom. The fraction of sp³-hybridized carbons (Fsp3) is 0.933. The van der Waals surface area contributed by atoms with E-state index in [2.05, 4.69) is 19.3 Å². The van der Waals surface area contributed by atoms with Gasteiger partial charge in [0.15, 0.2) is 0 Å². The van der Waals surface area contributed by atoms with Crippen LogP contribution in [-0.2, 0) is 9.63 Å². The van der Waals surface area contributed by atoms with Crippen LogP contribution in [0.3, 0.4) is 0 Å². The van der Waals surface area contributed by atoms with Gasteiger partial charge < -0.3 is 0 Å². The first-order valence-electron chi connectivity index (χ1n) is 7.18. The van der Waals surface area contributed by atoms with Crippen LogP contribution in [0, 0.1) is 22.2 Å². The average Bonchev–Trinajstić information content (AvgIpc) is 2.09. The topological polar surface area (TPSA) is 38.3 Å². The van der Waals surface area contributed by atoms with Gasteiger partial charge in [-0.05, 0) is 60.7 Å². The third-order valence-corrected chi connectivity index (χ3v) is 5.49. The molecule has 3 nitrogen and oxygen atoms in total. The second-order valence-corrected chi connectivity index (χ2v) is 8.04. The van der Waals surface area contributed by atoms with Gasteiger partial charge in [0.1, 0.15) is 0 Å². The number of nitrogens with one attached hydrogen (secondary N) is 1. The summed E-state index contributed by atoms with van der Waals surface area (Å²) in [5.41, 5.74) is 3.74. The molecule has 4 bridgehead atoms. The molecular formula is C15H25NO2. The van der Waals surface area contributed by atoms with Gasteiger partial charge in [-0.15, -0.1) is 0 Å². The molecule has 1 amide bonds. The van der Waals surface area contributed by atoms with E-state index in [1.165, 1.54) is 45.6 Å². The van der Waals surface area contributed by atoms with Crippen molar-refractivity contribution in [3.05, 3.63) is 0 Å². The van der Waals surface area contributed by atoms with Gasteiger partial charge in [0.25, 0.3) is 0 Å². The van der Waals surface area contributed by atoms with E-state index in [1.54, 1.807) is 0 Å². The molecule has 102 valence electrons. The molecule has 4 saturated carbocycles. The Balaban J connectivity index is 1.82. The normalized spacial score (nSPS) is 49.4. The standard InChI is InChI=1S/C15H25NO2/c1-13-4-11-5-14(2,8-13)10-15(6-11,9-13)7-12(17)16-18-3/h11H,4-10H2,1-3H3,(H,16,17). The molecule has 0 aliphatic heterocycles. The second-order valence-electron chi connectivity index (χ2n) is 8.04. The number of carbonyl (C=O) groups excluding carboxylic acids is 1. The number of amides is 1. The van der Waals surface area contributed by atoms with E-state index in [0.29, 0.717) is 17.3 Å². The average molecular weight is 251 g/mol. The van der Waals surface area contributed by atoms with E-state index in [-0.39, 0.29) is 11.3 Å². The van der Waals surface area contributed by atoms with Crippen LogP contribution < -0.4 is 5.48 Å². The maximum atomic E-state index is 11.9. The van der Waals surface area contributed by atoms with Crippen molar-refractivity contribution >= 4 is 5.91 Å². The highest BCUT2D eigenvalue weighted by atomic mass is 16.6. The fourth-order valence-corrected chi connectivity index (χ4v) is 6.37. The third-order valence-electron chi connectivity index (χ3n) is 5.49. The second kappa shape index (κ2) is 3.72. The molecule has 0 spiro atoms. The minimum absolute atomic E-state index is 0.0617. The van der Waals surface area contributed by atoms with Gasteiger partial charge >= 0.3 is 0 Å². The summed E-state index contributed by atoms with van der Waals surface area (Å²) in [7, 11) is 1.51. The van der Waals surface area contributed by atoms with Gasteiger partial charge in [-0.2, -0.15) is 0 Å². The highest BCUT2D eigenvalue weighted by Gasteiger charge is 2.60. The lowest BCUT2D eigenvalue weighted by Gasteiger charge is -2.65. The van der Waals surface area contributed by atoms with Gasteiger partial charge in [0, 0.05) is 6.42 Å². The summed E-state index contributed by atoms with van der Waals surface area (Å²) in [6.07, 6.45) is 8.53. The molecule has 4 rings (SSSR count). The van der Waals surface area contributed by atoms with Crippen molar-refractivity contribution in [1.29, 1.82) is 0 Å². The van der Waals surface area contributed by atoms with Crippen LogP contribution in [0.1, 0.15) is 58.8 Å². The summed E-state index contributed by atoms with van der Waals surface area (Å²) >= 11 is 0. The van der Waals surface area contributed by atoms with E-state index < -0.39 is 0 Å². The van der Waals surface area contributed by atoms with Crippen molar-refractivity contribution in [3.63, 3.8) is 0 Å². The Morgan fingerprint density at radius 2 is 1.78 bits per heavy atom. The molecule has 4 aliphatic rings.